The highest BCUT2D eigenvalue weighted by molar-refractivity contribution is 6.09. The molecule has 0 aliphatic rings. The van der Waals surface area contributed by atoms with Gasteiger partial charge < -0.3 is 15.2 Å². The van der Waals surface area contributed by atoms with Crippen molar-refractivity contribution < 1.29 is 29.2 Å². The number of rotatable bonds is 7. The van der Waals surface area contributed by atoms with Gasteiger partial charge in [-0.2, -0.15) is 5.26 Å². The maximum absolute atomic E-state index is 12.4. The Balaban J connectivity index is 1.68. The molecule has 0 aliphatic carbocycles. The summed E-state index contributed by atoms with van der Waals surface area (Å²) in [6.45, 7) is 0. The molecule has 0 aliphatic heterocycles. The summed E-state index contributed by atoms with van der Waals surface area (Å²) in [7, 11) is 0. The highest BCUT2D eigenvalue weighted by Gasteiger charge is 2.14. The molecule has 34 heavy (non-hydrogen) atoms. The Morgan fingerprint density at radius 2 is 1.68 bits per heavy atom. The van der Waals surface area contributed by atoms with Crippen LogP contribution in [-0.2, 0) is 4.79 Å². The zero-order chi connectivity index (χ0) is 24.7. The molecule has 0 radical (unpaired) electrons. The fourth-order valence-electron chi connectivity index (χ4n) is 2.75. The van der Waals surface area contributed by atoms with Gasteiger partial charge in [0.1, 0.15) is 17.4 Å². The summed E-state index contributed by atoms with van der Waals surface area (Å²) in [5.41, 5.74) is 0.416. The zero-order valence-electron chi connectivity index (χ0n) is 17.3. The number of hydrogen-bond donors (Lipinski definition) is 2. The Morgan fingerprint density at radius 1 is 1.00 bits per heavy atom. The Hall–Kier alpha value is -5.30. The number of nitriles is 1. The third-order valence-electron chi connectivity index (χ3n) is 4.45. The number of amides is 1. The number of esters is 1. The van der Waals surface area contributed by atoms with Crippen LogP contribution in [0.4, 0.5) is 11.4 Å². The van der Waals surface area contributed by atoms with E-state index in [0.29, 0.717) is 11.3 Å². The van der Waals surface area contributed by atoms with E-state index in [1.807, 2.05) is 0 Å². The van der Waals surface area contributed by atoms with Crippen molar-refractivity contribution in [2.75, 3.05) is 5.32 Å². The van der Waals surface area contributed by atoms with Crippen molar-refractivity contribution in [3.63, 3.8) is 0 Å². The first-order valence-electron chi connectivity index (χ1n) is 9.60. The minimum Gasteiger partial charge on any atom is -0.478 e. The number of carboxylic acids is 1. The summed E-state index contributed by atoms with van der Waals surface area (Å²) in [6, 6.07) is 18.3. The van der Waals surface area contributed by atoms with E-state index in [-0.39, 0.29) is 28.1 Å². The second-order valence-electron chi connectivity index (χ2n) is 6.77. The lowest BCUT2D eigenvalue weighted by Gasteiger charge is -2.06. The molecule has 0 atom stereocenters. The van der Waals surface area contributed by atoms with Gasteiger partial charge in [-0.05, 0) is 54.1 Å². The van der Waals surface area contributed by atoms with Gasteiger partial charge >= 0.3 is 11.9 Å². The number of nitrogens with one attached hydrogen (secondary N) is 1. The predicted molar refractivity (Wildman–Crippen MR) is 120 cm³/mol. The van der Waals surface area contributed by atoms with E-state index >= 15 is 0 Å². The Labute approximate surface area is 192 Å². The Morgan fingerprint density at radius 3 is 2.26 bits per heavy atom. The summed E-state index contributed by atoms with van der Waals surface area (Å²) in [4.78, 5) is 45.7. The van der Waals surface area contributed by atoms with Gasteiger partial charge in [-0.25, -0.2) is 9.59 Å². The molecule has 1 amide bonds. The molecule has 0 unspecified atom stereocenters. The smallest absolute Gasteiger partial charge is 0.343 e. The summed E-state index contributed by atoms with van der Waals surface area (Å²) < 4.78 is 5.21. The van der Waals surface area contributed by atoms with Crippen molar-refractivity contribution in [1.82, 2.24) is 0 Å². The van der Waals surface area contributed by atoms with Crippen LogP contribution < -0.4 is 10.1 Å². The van der Waals surface area contributed by atoms with Crippen LogP contribution in [0.25, 0.3) is 6.08 Å². The van der Waals surface area contributed by atoms with Gasteiger partial charge in [0.15, 0.2) is 0 Å². The van der Waals surface area contributed by atoms with Crippen molar-refractivity contribution in [3.8, 4) is 11.8 Å². The average Bonchev–Trinajstić information content (AvgIpc) is 2.83. The number of non-ortho nitro benzene ring substituents is 1. The second-order valence-corrected chi connectivity index (χ2v) is 6.77. The molecule has 168 valence electrons. The molecule has 3 aromatic rings. The molecule has 10 heteroatoms. The number of carboxylic acid groups (broad SMARTS) is 1. The van der Waals surface area contributed by atoms with Gasteiger partial charge in [0.25, 0.3) is 11.6 Å². The number of nitrogens with zero attached hydrogens (tertiary/aromatic N) is 2. The van der Waals surface area contributed by atoms with Crippen LogP contribution in [0.3, 0.4) is 0 Å². The first-order valence-corrected chi connectivity index (χ1v) is 9.60. The molecule has 0 saturated heterocycles. The number of aromatic carboxylic acids is 1. The Bertz CT molecular complexity index is 1340. The van der Waals surface area contributed by atoms with Gasteiger partial charge in [-0.15, -0.1) is 0 Å². The summed E-state index contributed by atoms with van der Waals surface area (Å²) >= 11 is 0. The van der Waals surface area contributed by atoms with E-state index in [0.717, 1.165) is 6.07 Å². The lowest BCUT2D eigenvalue weighted by atomic mass is 10.1. The maximum Gasteiger partial charge on any atom is 0.343 e. The van der Waals surface area contributed by atoms with E-state index in [9.17, 15) is 29.8 Å². The molecule has 0 bridgehead atoms. The lowest BCUT2D eigenvalue weighted by molar-refractivity contribution is -0.384. The highest BCUT2D eigenvalue weighted by atomic mass is 16.6. The van der Waals surface area contributed by atoms with Crippen LogP contribution >= 0.6 is 0 Å². The third-order valence-corrected chi connectivity index (χ3v) is 4.45. The lowest BCUT2D eigenvalue weighted by Crippen LogP contribution is -2.13. The van der Waals surface area contributed by atoms with Crippen molar-refractivity contribution >= 4 is 35.3 Å². The monoisotopic (exact) mass is 457 g/mol. The second kappa shape index (κ2) is 10.3. The number of carbonyl (C=O) groups is 3. The van der Waals surface area contributed by atoms with E-state index in [1.165, 1.54) is 72.8 Å². The Kier molecular flexibility index (Phi) is 7.11. The van der Waals surface area contributed by atoms with Crippen LogP contribution in [-0.4, -0.2) is 27.9 Å². The van der Waals surface area contributed by atoms with Gasteiger partial charge in [0.2, 0.25) is 0 Å². The van der Waals surface area contributed by atoms with Crippen molar-refractivity contribution in [2.45, 2.75) is 0 Å². The zero-order valence-corrected chi connectivity index (χ0v) is 17.3. The molecule has 10 nitrogen and oxygen atoms in total. The van der Waals surface area contributed by atoms with E-state index in [2.05, 4.69) is 5.32 Å². The maximum atomic E-state index is 12.4. The largest absolute Gasteiger partial charge is 0.478 e. The normalized spacial score (nSPS) is 10.6. The molecule has 0 spiro atoms. The molecule has 0 fully saturated rings. The summed E-state index contributed by atoms with van der Waals surface area (Å²) in [5, 5.41) is 31.6. The molecular weight excluding hydrogens is 442 g/mol. The minimum absolute atomic E-state index is 0.0120. The number of benzene rings is 3. The number of hydrogen-bond acceptors (Lipinski definition) is 7. The van der Waals surface area contributed by atoms with Crippen LogP contribution in [0.1, 0.15) is 26.3 Å². The van der Waals surface area contributed by atoms with Crippen molar-refractivity contribution in [2.24, 2.45) is 0 Å². The molecule has 0 heterocycles. The van der Waals surface area contributed by atoms with Crippen molar-refractivity contribution in [3.05, 3.63) is 105 Å². The first-order chi connectivity index (χ1) is 16.3. The van der Waals surface area contributed by atoms with Crippen LogP contribution in [0.2, 0.25) is 0 Å². The predicted octanol–water partition coefficient (Wildman–Crippen LogP) is 4.06. The fraction of sp³-hybridized carbons (Fsp3) is 0. The number of nitro benzene ring substituents is 1. The van der Waals surface area contributed by atoms with Gasteiger partial charge in [-0.3, -0.25) is 14.9 Å². The average molecular weight is 457 g/mol. The molecule has 3 aromatic carbocycles. The number of carbonyl (C=O) groups excluding carboxylic acids is 2. The summed E-state index contributed by atoms with van der Waals surface area (Å²) in [6.07, 6.45) is 1.33. The number of nitro groups is 1. The topological polar surface area (TPSA) is 160 Å². The van der Waals surface area contributed by atoms with Gasteiger partial charge in [0, 0.05) is 17.8 Å². The van der Waals surface area contributed by atoms with Gasteiger partial charge in [0.05, 0.1) is 16.1 Å². The number of ether oxygens (including phenoxy) is 1. The number of anilines is 1. The SMILES string of the molecule is N#C/C(=C\c1ccc(OC(=O)c2cccc([N+](=O)[O-])c2)cc1)C(=O)Nc1ccc(C(=O)O)cc1. The molecule has 3 rings (SSSR count). The third kappa shape index (κ3) is 5.89. The summed E-state index contributed by atoms with van der Waals surface area (Å²) in [5.74, 6) is -2.41. The van der Waals surface area contributed by atoms with E-state index < -0.39 is 22.8 Å². The fourth-order valence-corrected chi connectivity index (χ4v) is 2.75. The molecule has 0 saturated carbocycles. The standard InChI is InChI=1S/C24H15N3O7/c25-14-18(22(28)26-19-8-6-16(7-9-19)23(29)30)12-15-4-10-21(11-5-15)34-24(31)17-2-1-3-20(13-17)27(32)33/h1-13H,(H,26,28)(H,29,30)/b18-12+. The minimum atomic E-state index is -1.10. The van der Waals surface area contributed by atoms with E-state index in [1.54, 1.807) is 6.07 Å². The molecule has 0 aromatic heterocycles. The quantitative estimate of drug-likeness (QED) is 0.134. The van der Waals surface area contributed by atoms with Crippen molar-refractivity contribution in [1.29, 1.82) is 5.26 Å². The molecule has 2 N–H and O–H groups in total. The first kappa shape index (κ1) is 23.4. The van der Waals surface area contributed by atoms with Crippen LogP contribution in [0.15, 0.2) is 78.4 Å². The van der Waals surface area contributed by atoms with Crippen LogP contribution in [0, 0.1) is 21.4 Å². The van der Waals surface area contributed by atoms with E-state index in [4.69, 9.17) is 9.84 Å². The molecular formula is C24H15N3O7. The van der Waals surface area contributed by atoms with Gasteiger partial charge in [-0.1, -0.05) is 18.2 Å². The highest BCUT2D eigenvalue weighted by Crippen LogP contribution is 2.19. The van der Waals surface area contributed by atoms with Crippen LogP contribution in [0.5, 0.6) is 5.75 Å².